The molecule has 0 spiro atoms. The molecule has 136 valence electrons. The number of pyridine rings is 1. The molecule has 6 heteroatoms. The summed E-state index contributed by atoms with van der Waals surface area (Å²) >= 11 is 7.96. The Morgan fingerprint density at radius 1 is 1.04 bits per heavy atom. The number of hydrogen-bond donors (Lipinski definition) is 1. The van der Waals surface area contributed by atoms with Crippen molar-refractivity contribution in [3.8, 4) is 0 Å². The minimum absolute atomic E-state index is 0.0195. The van der Waals surface area contributed by atoms with E-state index in [-0.39, 0.29) is 5.91 Å². The molecule has 0 atom stereocenters. The van der Waals surface area contributed by atoms with E-state index in [1.54, 1.807) is 24.2 Å². The molecule has 0 radical (unpaired) electrons. The Kier molecular flexibility index (Phi) is 5.32. The fourth-order valence-electron chi connectivity index (χ4n) is 3.05. The topological polar surface area (TPSA) is 45.2 Å². The number of rotatable bonds is 5. The third-order valence-electron chi connectivity index (χ3n) is 4.39. The van der Waals surface area contributed by atoms with Crippen LogP contribution in [0.4, 0.5) is 11.4 Å². The van der Waals surface area contributed by atoms with Gasteiger partial charge in [0, 0.05) is 46.7 Å². The molecule has 2 aromatic carbocycles. The summed E-state index contributed by atoms with van der Waals surface area (Å²) in [7, 11) is 0. The second-order valence-electron chi connectivity index (χ2n) is 6.22. The SMILES string of the molecule is O=C(CCN1c2ccccc2Sc2ccc(Cl)cc21)NCc1ccncc1. The van der Waals surface area contributed by atoms with Crippen LogP contribution in [0.5, 0.6) is 0 Å². The van der Waals surface area contributed by atoms with Gasteiger partial charge in [0.2, 0.25) is 5.91 Å². The van der Waals surface area contributed by atoms with E-state index in [1.807, 2.05) is 42.5 Å². The Morgan fingerprint density at radius 2 is 1.81 bits per heavy atom. The molecule has 0 fully saturated rings. The first-order valence-corrected chi connectivity index (χ1v) is 9.90. The number of anilines is 2. The average Bonchev–Trinajstić information content (AvgIpc) is 2.70. The molecule has 2 heterocycles. The number of nitrogens with one attached hydrogen (secondary N) is 1. The van der Waals surface area contributed by atoms with Crippen molar-refractivity contribution in [2.75, 3.05) is 11.4 Å². The van der Waals surface area contributed by atoms with Crippen LogP contribution >= 0.6 is 23.4 Å². The van der Waals surface area contributed by atoms with Gasteiger partial charge in [-0.2, -0.15) is 0 Å². The van der Waals surface area contributed by atoms with Crippen LogP contribution in [0.15, 0.2) is 76.8 Å². The molecule has 3 aromatic rings. The van der Waals surface area contributed by atoms with Crippen molar-refractivity contribution in [2.45, 2.75) is 22.8 Å². The minimum atomic E-state index is 0.0195. The number of para-hydroxylation sites is 1. The molecule has 0 unspecified atom stereocenters. The Balaban J connectivity index is 1.48. The summed E-state index contributed by atoms with van der Waals surface area (Å²) < 4.78 is 0. The number of halogens is 1. The van der Waals surface area contributed by atoms with Gasteiger partial charge in [-0.05, 0) is 48.0 Å². The van der Waals surface area contributed by atoms with Gasteiger partial charge in [0.1, 0.15) is 0 Å². The fourth-order valence-corrected chi connectivity index (χ4v) is 4.29. The van der Waals surface area contributed by atoms with E-state index >= 15 is 0 Å². The van der Waals surface area contributed by atoms with Gasteiger partial charge in [0.15, 0.2) is 0 Å². The van der Waals surface area contributed by atoms with Gasteiger partial charge >= 0.3 is 0 Å². The molecule has 4 rings (SSSR count). The molecule has 1 N–H and O–H groups in total. The fraction of sp³-hybridized carbons (Fsp3) is 0.143. The number of nitrogens with zero attached hydrogens (tertiary/aromatic N) is 2. The van der Waals surface area contributed by atoms with E-state index < -0.39 is 0 Å². The molecule has 4 nitrogen and oxygen atoms in total. The van der Waals surface area contributed by atoms with Crippen molar-refractivity contribution in [1.29, 1.82) is 0 Å². The Morgan fingerprint density at radius 3 is 2.67 bits per heavy atom. The van der Waals surface area contributed by atoms with Crippen molar-refractivity contribution >= 4 is 40.6 Å². The predicted molar refractivity (Wildman–Crippen MR) is 110 cm³/mol. The van der Waals surface area contributed by atoms with Gasteiger partial charge in [-0.1, -0.05) is 35.5 Å². The van der Waals surface area contributed by atoms with Crippen molar-refractivity contribution in [3.05, 3.63) is 77.6 Å². The quantitative estimate of drug-likeness (QED) is 0.657. The zero-order valence-corrected chi connectivity index (χ0v) is 16.1. The molecule has 1 aliphatic rings. The van der Waals surface area contributed by atoms with Crippen molar-refractivity contribution in [2.24, 2.45) is 0 Å². The molecule has 0 saturated carbocycles. The van der Waals surface area contributed by atoms with Crippen molar-refractivity contribution in [1.82, 2.24) is 10.3 Å². The number of carbonyl (C=O) groups is 1. The summed E-state index contributed by atoms with van der Waals surface area (Å²) in [5.74, 6) is 0.0195. The Bertz CT molecular complexity index is 965. The highest BCUT2D eigenvalue weighted by molar-refractivity contribution is 7.99. The van der Waals surface area contributed by atoms with Gasteiger partial charge < -0.3 is 10.2 Å². The maximum atomic E-state index is 12.4. The van der Waals surface area contributed by atoms with Crippen LogP contribution in [0.3, 0.4) is 0 Å². The summed E-state index contributed by atoms with van der Waals surface area (Å²) in [6, 6.07) is 17.9. The van der Waals surface area contributed by atoms with Gasteiger partial charge in [0.25, 0.3) is 0 Å². The molecule has 0 saturated heterocycles. The Hall–Kier alpha value is -2.50. The lowest BCUT2D eigenvalue weighted by molar-refractivity contribution is -0.121. The highest BCUT2D eigenvalue weighted by atomic mass is 35.5. The smallest absolute Gasteiger partial charge is 0.222 e. The second kappa shape index (κ2) is 8.03. The predicted octanol–water partition coefficient (Wildman–Crippen LogP) is 5.04. The van der Waals surface area contributed by atoms with Crippen LogP contribution in [-0.2, 0) is 11.3 Å². The van der Waals surface area contributed by atoms with Crippen molar-refractivity contribution < 1.29 is 4.79 Å². The molecule has 1 amide bonds. The first kappa shape index (κ1) is 17.9. The lowest BCUT2D eigenvalue weighted by Gasteiger charge is -2.32. The number of aromatic nitrogens is 1. The van der Waals surface area contributed by atoms with Crippen molar-refractivity contribution in [3.63, 3.8) is 0 Å². The van der Waals surface area contributed by atoms with Crippen LogP contribution in [0.25, 0.3) is 0 Å². The summed E-state index contributed by atoms with van der Waals surface area (Å²) in [4.78, 5) is 20.9. The number of hydrogen-bond acceptors (Lipinski definition) is 4. The highest BCUT2D eigenvalue weighted by Crippen LogP contribution is 2.48. The van der Waals surface area contributed by atoms with E-state index in [0.29, 0.717) is 24.5 Å². The summed E-state index contributed by atoms with van der Waals surface area (Å²) in [5.41, 5.74) is 3.20. The molecular formula is C21H18ClN3OS. The number of benzene rings is 2. The van der Waals surface area contributed by atoms with Crippen LogP contribution < -0.4 is 10.2 Å². The van der Waals surface area contributed by atoms with E-state index in [1.165, 1.54) is 4.90 Å². The second-order valence-corrected chi connectivity index (χ2v) is 7.74. The van der Waals surface area contributed by atoms with Gasteiger partial charge in [-0.25, -0.2) is 0 Å². The van der Waals surface area contributed by atoms with E-state index in [0.717, 1.165) is 21.8 Å². The summed E-state index contributed by atoms with van der Waals surface area (Å²) in [6.07, 6.45) is 3.85. The minimum Gasteiger partial charge on any atom is -0.352 e. The highest BCUT2D eigenvalue weighted by Gasteiger charge is 2.23. The van der Waals surface area contributed by atoms with E-state index in [4.69, 9.17) is 11.6 Å². The van der Waals surface area contributed by atoms with Crippen LogP contribution in [0.1, 0.15) is 12.0 Å². The summed E-state index contributed by atoms with van der Waals surface area (Å²) in [6.45, 7) is 1.10. The van der Waals surface area contributed by atoms with Crippen LogP contribution in [-0.4, -0.2) is 17.4 Å². The number of carbonyl (C=O) groups excluding carboxylic acids is 1. The van der Waals surface area contributed by atoms with Crippen LogP contribution in [0, 0.1) is 0 Å². The lowest BCUT2D eigenvalue weighted by atomic mass is 10.2. The maximum absolute atomic E-state index is 12.4. The molecule has 0 aliphatic carbocycles. The summed E-state index contributed by atoms with van der Waals surface area (Å²) in [5, 5.41) is 3.67. The molecule has 1 aromatic heterocycles. The van der Waals surface area contributed by atoms with Gasteiger partial charge in [-0.15, -0.1) is 0 Å². The maximum Gasteiger partial charge on any atom is 0.222 e. The Labute approximate surface area is 167 Å². The van der Waals surface area contributed by atoms with E-state index in [2.05, 4.69) is 27.3 Å². The van der Waals surface area contributed by atoms with Crippen LogP contribution in [0.2, 0.25) is 5.02 Å². The van der Waals surface area contributed by atoms with E-state index in [9.17, 15) is 4.79 Å². The zero-order valence-electron chi connectivity index (χ0n) is 14.6. The molecule has 1 aliphatic heterocycles. The number of fused-ring (bicyclic) bond motifs is 2. The monoisotopic (exact) mass is 395 g/mol. The normalized spacial score (nSPS) is 12.3. The lowest BCUT2D eigenvalue weighted by Crippen LogP contribution is -2.29. The number of amides is 1. The first-order valence-electron chi connectivity index (χ1n) is 8.70. The average molecular weight is 396 g/mol. The first-order chi connectivity index (χ1) is 13.2. The molecule has 0 bridgehead atoms. The molecule has 27 heavy (non-hydrogen) atoms. The largest absolute Gasteiger partial charge is 0.352 e. The third kappa shape index (κ3) is 4.10. The molecular weight excluding hydrogens is 378 g/mol. The van der Waals surface area contributed by atoms with Gasteiger partial charge in [-0.3, -0.25) is 9.78 Å². The third-order valence-corrected chi connectivity index (χ3v) is 5.75. The zero-order chi connectivity index (χ0) is 18.6. The van der Waals surface area contributed by atoms with Gasteiger partial charge in [0.05, 0.1) is 11.4 Å². The standard InChI is InChI=1S/C21H18ClN3OS/c22-16-5-6-20-18(13-16)25(17-3-1-2-4-19(17)27-20)12-9-21(26)24-14-15-7-10-23-11-8-15/h1-8,10-11,13H,9,12,14H2,(H,24,26).